The first kappa shape index (κ1) is 18.9. The summed E-state index contributed by atoms with van der Waals surface area (Å²) in [4.78, 5) is 13.5. The van der Waals surface area contributed by atoms with E-state index >= 15 is 0 Å². The van der Waals surface area contributed by atoms with E-state index in [0.29, 0.717) is 17.4 Å². The lowest BCUT2D eigenvalue weighted by Crippen LogP contribution is -2.23. The number of rotatable bonds is 6. The van der Waals surface area contributed by atoms with E-state index in [1.807, 2.05) is 29.0 Å². The summed E-state index contributed by atoms with van der Waals surface area (Å²) in [5.41, 5.74) is 0.377. The number of thiophene rings is 1. The van der Waals surface area contributed by atoms with Gasteiger partial charge in [0.2, 0.25) is 5.91 Å². The highest BCUT2D eigenvalue weighted by Gasteiger charge is 2.21. The van der Waals surface area contributed by atoms with Gasteiger partial charge in [0.1, 0.15) is 5.82 Å². The largest absolute Gasteiger partial charge is 0.324 e. The summed E-state index contributed by atoms with van der Waals surface area (Å²) >= 11 is 8.87. The van der Waals surface area contributed by atoms with Gasteiger partial charge in [0.25, 0.3) is 0 Å². The molecule has 0 saturated carbocycles. The molecule has 2 heterocycles. The molecule has 1 aromatic carbocycles. The van der Waals surface area contributed by atoms with Gasteiger partial charge < -0.3 is 9.88 Å². The number of carbonyl (C=O) groups excluding carboxylic acids is 1. The lowest BCUT2D eigenvalue weighted by molar-refractivity contribution is -0.115. The molecule has 0 aliphatic carbocycles. The zero-order valence-corrected chi connectivity index (χ0v) is 16.5. The van der Waals surface area contributed by atoms with Crippen LogP contribution in [0.3, 0.4) is 0 Å². The van der Waals surface area contributed by atoms with Gasteiger partial charge in [0.05, 0.1) is 20.8 Å². The van der Waals surface area contributed by atoms with E-state index in [-0.39, 0.29) is 10.9 Å². The van der Waals surface area contributed by atoms with Gasteiger partial charge in [-0.15, -0.1) is 21.5 Å². The molecule has 1 amide bonds. The van der Waals surface area contributed by atoms with E-state index < -0.39 is 11.1 Å². The molecule has 3 aromatic rings. The van der Waals surface area contributed by atoms with Crippen LogP contribution in [0.25, 0.3) is 10.7 Å². The molecule has 0 bridgehead atoms. The minimum atomic E-state index is -0.451. The van der Waals surface area contributed by atoms with Crippen molar-refractivity contribution in [2.75, 3.05) is 5.32 Å². The van der Waals surface area contributed by atoms with Gasteiger partial charge in [-0.1, -0.05) is 29.4 Å². The van der Waals surface area contributed by atoms with Gasteiger partial charge in [-0.25, -0.2) is 4.39 Å². The van der Waals surface area contributed by atoms with E-state index in [9.17, 15) is 9.18 Å². The van der Waals surface area contributed by atoms with Crippen LogP contribution in [0.15, 0.2) is 40.9 Å². The summed E-state index contributed by atoms with van der Waals surface area (Å²) in [6.07, 6.45) is 0. The second-order valence-corrected chi connectivity index (χ2v) is 8.06. The van der Waals surface area contributed by atoms with Crippen molar-refractivity contribution in [3.05, 3.63) is 46.6 Å². The molecule has 0 radical (unpaired) electrons. The molecule has 0 saturated heterocycles. The second-order valence-electron chi connectivity index (χ2n) is 5.40. The molecule has 0 aliphatic rings. The summed E-state index contributed by atoms with van der Waals surface area (Å²) in [5.74, 6) is 0.0959. The van der Waals surface area contributed by atoms with Gasteiger partial charge in [0, 0.05) is 6.54 Å². The Morgan fingerprint density at radius 1 is 1.42 bits per heavy atom. The third-order valence-electron chi connectivity index (χ3n) is 3.62. The number of nitrogens with zero attached hydrogens (tertiary/aromatic N) is 3. The van der Waals surface area contributed by atoms with Crippen molar-refractivity contribution in [1.82, 2.24) is 14.8 Å². The summed E-state index contributed by atoms with van der Waals surface area (Å²) in [6.45, 7) is 4.48. The van der Waals surface area contributed by atoms with Gasteiger partial charge >= 0.3 is 0 Å². The average Bonchev–Trinajstić information content (AvgIpc) is 3.26. The molecule has 3 rings (SSSR count). The topological polar surface area (TPSA) is 59.8 Å². The molecular weight excluding hydrogens is 395 g/mol. The third-order valence-corrected chi connectivity index (χ3v) is 5.87. The van der Waals surface area contributed by atoms with Crippen LogP contribution in [0.4, 0.5) is 10.1 Å². The molecule has 136 valence electrons. The molecule has 1 N–H and O–H groups in total. The standard InChI is InChI=1S/C17H16ClFN4OS2/c1-3-23-15(14-5-4-8-25-14)21-22-17(23)26-10(2)16(24)20-13-7-6-11(19)9-12(13)18/h4-10H,3H2,1-2H3,(H,20,24). The molecule has 0 fully saturated rings. The summed E-state index contributed by atoms with van der Waals surface area (Å²) in [6, 6.07) is 7.80. The number of nitrogens with one attached hydrogen (secondary N) is 1. The van der Waals surface area contributed by atoms with Gasteiger partial charge in [-0.2, -0.15) is 0 Å². The number of thioether (sulfide) groups is 1. The third kappa shape index (κ3) is 4.08. The Labute approximate surface area is 163 Å². The molecule has 0 aliphatic heterocycles. The van der Waals surface area contributed by atoms with Crippen molar-refractivity contribution >= 4 is 46.3 Å². The maximum atomic E-state index is 13.1. The Bertz CT molecular complexity index is 914. The van der Waals surface area contributed by atoms with Crippen molar-refractivity contribution in [3.8, 4) is 10.7 Å². The van der Waals surface area contributed by atoms with E-state index in [1.165, 1.54) is 23.9 Å². The van der Waals surface area contributed by atoms with Crippen LogP contribution >= 0.6 is 34.7 Å². The van der Waals surface area contributed by atoms with E-state index in [0.717, 1.165) is 16.8 Å². The number of hydrogen-bond donors (Lipinski definition) is 1. The fourth-order valence-electron chi connectivity index (χ4n) is 2.29. The monoisotopic (exact) mass is 410 g/mol. The molecule has 1 unspecified atom stereocenters. The lowest BCUT2D eigenvalue weighted by Gasteiger charge is -2.13. The highest BCUT2D eigenvalue weighted by atomic mass is 35.5. The van der Waals surface area contributed by atoms with Gasteiger partial charge in [0.15, 0.2) is 11.0 Å². The van der Waals surface area contributed by atoms with Crippen LogP contribution in [0.1, 0.15) is 13.8 Å². The van der Waals surface area contributed by atoms with Crippen LogP contribution in [0, 0.1) is 5.82 Å². The quantitative estimate of drug-likeness (QED) is 0.585. The maximum absolute atomic E-state index is 13.1. The molecule has 1 atom stereocenters. The van der Waals surface area contributed by atoms with Crippen LogP contribution in [-0.2, 0) is 11.3 Å². The number of halogens is 2. The molecule has 2 aromatic heterocycles. The van der Waals surface area contributed by atoms with Crippen LogP contribution < -0.4 is 5.32 Å². The van der Waals surface area contributed by atoms with Crippen molar-refractivity contribution in [3.63, 3.8) is 0 Å². The number of benzene rings is 1. The molecule has 5 nitrogen and oxygen atoms in total. The Hall–Kier alpha value is -1.90. The zero-order valence-electron chi connectivity index (χ0n) is 14.1. The maximum Gasteiger partial charge on any atom is 0.237 e. The Morgan fingerprint density at radius 2 is 2.23 bits per heavy atom. The highest BCUT2D eigenvalue weighted by molar-refractivity contribution is 8.00. The molecule has 0 spiro atoms. The van der Waals surface area contributed by atoms with Gasteiger partial charge in [-0.05, 0) is 43.5 Å². The number of aromatic nitrogens is 3. The Morgan fingerprint density at radius 3 is 2.88 bits per heavy atom. The van der Waals surface area contributed by atoms with Crippen LogP contribution in [-0.4, -0.2) is 25.9 Å². The number of anilines is 1. The summed E-state index contributed by atoms with van der Waals surface area (Å²) in [7, 11) is 0. The Balaban J connectivity index is 1.73. The predicted molar refractivity (Wildman–Crippen MR) is 104 cm³/mol. The first-order chi connectivity index (χ1) is 12.5. The van der Waals surface area contributed by atoms with Crippen molar-refractivity contribution in [2.24, 2.45) is 0 Å². The SMILES string of the molecule is CCn1c(SC(C)C(=O)Nc2ccc(F)cc2Cl)nnc1-c1cccs1. The van der Waals surface area contributed by atoms with Crippen LogP contribution in [0.2, 0.25) is 5.02 Å². The minimum absolute atomic E-state index is 0.159. The van der Waals surface area contributed by atoms with Crippen LogP contribution in [0.5, 0.6) is 0 Å². The normalized spacial score (nSPS) is 12.2. The summed E-state index contributed by atoms with van der Waals surface area (Å²) < 4.78 is 15.1. The smallest absolute Gasteiger partial charge is 0.237 e. The summed E-state index contributed by atoms with van der Waals surface area (Å²) in [5, 5.41) is 13.6. The number of carbonyl (C=O) groups is 1. The first-order valence-corrected chi connectivity index (χ1v) is 10.0. The van der Waals surface area contributed by atoms with Crippen molar-refractivity contribution in [2.45, 2.75) is 30.8 Å². The second kappa shape index (κ2) is 8.20. The average molecular weight is 411 g/mol. The van der Waals surface area contributed by atoms with E-state index in [2.05, 4.69) is 15.5 Å². The van der Waals surface area contributed by atoms with Gasteiger partial charge in [-0.3, -0.25) is 4.79 Å². The fraction of sp³-hybridized carbons (Fsp3) is 0.235. The van der Waals surface area contributed by atoms with Crippen molar-refractivity contribution in [1.29, 1.82) is 0 Å². The fourth-order valence-corrected chi connectivity index (χ4v) is 4.13. The number of hydrogen-bond acceptors (Lipinski definition) is 5. The molecule has 9 heteroatoms. The van der Waals surface area contributed by atoms with Crippen molar-refractivity contribution < 1.29 is 9.18 Å². The Kier molecular flexibility index (Phi) is 5.95. The predicted octanol–water partition coefficient (Wildman–Crippen LogP) is 4.94. The molecular formula is C17H16ClFN4OS2. The van der Waals surface area contributed by atoms with E-state index in [1.54, 1.807) is 18.3 Å². The minimum Gasteiger partial charge on any atom is -0.324 e. The highest BCUT2D eigenvalue weighted by Crippen LogP contribution is 2.30. The zero-order chi connectivity index (χ0) is 18.7. The lowest BCUT2D eigenvalue weighted by atomic mass is 10.3. The molecule has 26 heavy (non-hydrogen) atoms. The first-order valence-electron chi connectivity index (χ1n) is 7.89. The van der Waals surface area contributed by atoms with E-state index in [4.69, 9.17) is 11.6 Å². The number of amides is 1.